The maximum Gasteiger partial charge on any atom is 0.674 e. The van der Waals surface area contributed by atoms with Gasteiger partial charge in [-0.3, -0.25) is 22.3 Å². The summed E-state index contributed by atoms with van der Waals surface area (Å²) in [5, 5.41) is 55.6. The fourth-order valence-electron chi connectivity index (χ4n) is 0.149. The molecule has 0 amide bonds. The van der Waals surface area contributed by atoms with Gasteiger partial charge in [-0.15, -0.1) is 0 Å². The highest BCUT2D eigenvalue weighted by Crippen LogP contribution is 1.61. The highest BCUT2D eigenvalue weighted by molar-refractivity contribution is 6.32. The minimum absolute atomic E-state index is 0.706. The Balaban J connectivity index is -0.0000000555. The van der Waals surface area contributed by atoms with E-state index in [4.69, 9.17) is 44.9 Å². The molecule has 0 saturated heterocycles. The van der Waals surface area contributed by atoms with Gasteiger partial charge in [0, 0.05) is 7.05 Å². The van der Waals surface area contributed by atoms with E-state index in [1.165, 1.54) is 6.40 Å². The molecule has 8 N–H and O–H groups in total. The monoisotopic (exact) mass is 343 g/mol. The Hall–Kier alpha value is -0.870. The number of ether oxygens (including phenoxy) is 1. The molecule has 22 heavy (non-hydrogen) atoms. The zero-order chi connectivity index (χ0) is 19.1. The van der Waals surface area contributed by atoms with Crippen molar-refractivity contribution >= 4 is 36.0 Å². The van der Waals surface area contributed by atoms with E-state index in [0.29, 0.717) is 6.61 Å². The molecule has 0 bridgehead atoms. The standard InChI is InChI=1S/C4H9NO.4BFH2O2/c1-3-6-4-5-2;4*2-1(3)4/h4H,3H2,1-2H3;4*3-4H. The van der Waals surface area contributed by atoms with Crippen LogP contribution in [-0.4, -0.2) is 89.8 Å². The minimum Gasteiger partial charge on any atom is -0.484 e. The van der Waals surface area contributed by atoms with Crippen molar-refractivity contribution in [3.63, 3.8) is 0 Å². The van der Waals surface area contributed by atoms with Gasteiger partial charge in [-0.05, 0) is 6.92 Å². The van der Waals surface area contributed by atoms with E-state index in [9.17, 15) is 17.3 Å². The van der Waals surface area contributed by atoms with Gasteiger partial charge in [0.2, 0.25) is 0 Å². The van der Waals surface area contributed by atoms with Crippen molar-refractivity contribution < 1.29 is 62.2 Å². The SMILES string of the molecule is CCOC=NC.OB(O)F.OB(O)F.OB(O)F.OB(O)F. The maximum absolute atomic E-state index is 10.1. The third kappa shape index (κ3) is 1390. The Morgan fingerprint density at radius 1 is 0.773 bits per heavy atom. The molecule has 0 aromatic rings. The zero-order valence-corrected chi connectivity index (χ0v) is 11.5. The van der Waals surface area contributed by atoms with Crippen LogP contribution in [0.2, 0.25) is 0 Å². The van der Waals surface area contributed by atoms with Gasteiger partial charge < -0.3 is 44.9 Å². The second-order valence-corrected chi connectivity index (χ2v) is 2.06. The Kier molecular flexibility index (Phi) is 48.1. The Morgan fingerprint density at radius 2 is 0.955 bits per heavy atom. The third-order valence-electron chi connectivity index (χ3n) is 0.347. The first kappa shape index (κ1) is 32.9. The summed E-state index contributed by atoms with van der Waals surface area (Å²) < 4.78 is 45.1. The van der Waals surface area contributed by atoms with Gasteiger partial charge >= 0.3 is 29.6 Å². The zero-order valence-electron chi connectivity index (χ0n) is 11.5. The second kappa shape index (κ2) is 32.2. The molecular formula is C4H17B4F4NO9. The molecule has 132 valence electrons. The van der Waals surface area contributed by atoms with Gasteiger partial charge in [0.25, 0.3) is 0 Å². The van der Waals surface area contributed by atoms with Crippen LogP contribution in [0.15, 0.2) is 4.99 Å². The van der Waals surface area contributed by atoms with Crippen molar-refractivity contribution in [3.05, 3.63) is 0 Å². The molecule has 0 fully saturated rings. The molecule has 0 heterocycles. The molecule has 0 radical (unpaired) electrons. The number of aliphatic imine (C=N–C) groups is 1. The quantitative estimate of drug-likeness (QED) is 0.109. The average molecular weight is 342 g/mol. The predicted octanol–water partition coefficient (Wildman–Crippen LogP) is -3.62. The highest BCUT2D eigenvalue weighted by atomic mass is 19.1. The second-order valence-electron chi connectivity index (χ2n) is 2.06. The van der Waals surface area contributed by atoms with Crippen molar-refractivity contribution in [1.29, 1.82) is 0 Å². The van der Waals surface area contributed by atoms with E-state index in [0.717, 1.165) is 0 Å². The Labute approximate surface area is 125 Å². The van der Waals surface area contributed by atoms with Crippen LogP contribution in [0.3, 0.4) is 0 Å². The molecule has 0 unspecified atom stereocenters. The maximum atomic E-state index is 10.1. The van der Waals surface area contributed by atoms with Crippen LogP contribution in [0.25, 0.3) is 0 Å². The molecule has 0 rings (SSSR count). The fraction of sp³-hybridized carbons (Fsp3) is 0.750. The molecule has 0 spiro atoms. The summed E-state index contributed by atoms with van der Waals surface area (Å²) in [5.41, 5.74) is 0. The predicted molar refractivity (Wildman–Crippen MR) is 71.2 cm³/mol. The number of hydrogen-bond acceptors (Lipinski definition) is 10. The van der Waals surface area contributed by atoms with Crippen molar-refractivity contribution in [2.24, 2.45) is 4.99 Å². The van der Waals surface area contributed by atoms with Crippen molar-refractivity contribution in [2.45, 2.75) is 6.92 Å². The summed E-state index contributed by atoms with van der Waals surface area (Å²) in [6.07, 6.45) is 1.43. The summed E-state index contributed by atoms with van der Waals surface area (Å²) in [6.45, 7) is 2.62. The van der Waals surface area contributed by atoms with E-state index in [1.807, 2.05) is 6.92 Å². The number of hydrogen-bond donors (Lipinski definition) is 8. The van der Waals surface area contributed by atoms with Gasteiger partial charge in [-0.1, -0.05) is 0 Å². The van der Waals surface area contributed by atoms with Gasteiger partial charge in [-0.25, -0.2) is 0 Å². The first-order chi connectivity index (χ1) is 9.84. The van der Waals surface area contributed by atoms with Crippen molar-refractivity contribution in [1.82, 2.24) is 0 Å². The lowest BCUT2D eigenvalue weighted by Crippen LogP contribution is -1.98. The molecule has 0 aromatic heterocycles. The molecule has 10 nitrogen and oxygen atoms in total. The summed E-state index contributed by atoms with van der Waals surface area (Å²) in [4.78, 5) is 3.58. The van der Waals surface area contributed by atoms with E-state index in [-0.39, 0.29) is 0 Å². The molecule has 0 aliphatic carbocycles. The van der Waals surface area contributed by atoms with Crippen LogP contribution < -0.4 is 0 Å². The lowest BCUT2D eigenvalue weighted by Gasteiger charge is -1.85. The van der Waals surface area contributed by atoms with E-state index < -0.39 is 29.6 Å². The van der Waals surface area contributed by atoms with Gasteiger partial charge in [-0.2, -0.15) is 0 Å². The van der Waals surface area contributed by atoms with Crippen LogP contribution in [0.1, 0.15) is 6.92 Å². The lowest BCUT2D eigenvalue weighted by molar-refractivity contribution is 0.338. The summed E-state index contributed by atoms with van der Waals surface area (Å²) in [5.74, 6) is 0. The number of nitrogens with zero attached hydrogens (tertiary/aromatic N) is 1. The largest absolute Gasteiger partial charge is 0.674 e. The Bertz CT molecular complexity index is 160. The van der Waals surface area contributed by atoms with Crippen molar-refractivity contribution in [2.75, 3.05) is 13.7 Å². The average Bonchev–Trinajstić information content (AvgIpc) is 2.23. The van der Waals surface area contributed by atoms with E-state index in [2.05, 4.69) is 4.99 Å². The van der Waals surface area contributed by atoms with Crippen LogP contribution in [0.4, 0.5) is 17.3 Å². The van der Waals surface area contributed by atoms with Crippen LogP contribution in [-0.2, 0) is 4.74 Å². The summed E-state index contributed by atoms with van der Waals surface area (Å²) in [6, 6.07) is 0. The topological polar surface area (TPSA) is 183 Å². The summed E-state index contributed by atoms with van der Waals surface area (Å²) in [7, 11) is -8.99. The first-order valence-corrected chi connectivity index (χ1v) is 4.88. The van der Waals surface area contributed by atoms with Crippen molar-refractivity contribution in [3.8, 4) is 0 Å². The first-order valence-electron chi connectivity index (χ1n) is 4.88. The Morgan fingerprint density at radius 3 is 1.00 bits per heavy atom. The molecule has 0 aliphatic heterocycles. The van der Waals surface area contributed by atoms with E-state index >= 15 is 0 Å². The normalized spacial score (nSPS) is 7.55. The minimum atomic E-state index is -2.67. The molecule has 0 saturated carbocycles. The molecule has 0 aliphatic rings. The smallest absolute Gasteiger partial charge is 0.484 e. The van der Waals surface area contributed by atoms with Gasteiger partial charge in [0.15, 0.2) is 6.40 Å². The molecule has 0 aromatic carbocycles. The lowest BCUT2D eigenvalue weighted by atomic mass is 10.3. The fourth-order valence-corrected chi connectivity index (χ4v) is 0.149. The molecule has 18 heteroatoms. The third-order valence-corrected chi connectivity index (χ3v) is 0.347. The molecule has 0 atom stereocenters. The van der Waals surface area contributed by atoms with Gasteiger partial charge in [0.05, 0.1) is 6.61 Å². The van der Waals surface area contributed by atoms with Gasteiger partial charge in [0.1, 0.15) is 0 Å². The summed E-state index contributed by atoms with van der Waals surface area (Å²) >= 11 is 0. The molecular weight excluding hydrogens is 325 g/mol. The van der Waals surface area contributed by atoms with Crippen LogP contribution in [0.5, 0.6) is 0 Å². The van der Waals surface area contributed by atoms with Crippen LogP contribution in [0, 0.1) is 0 Å². The number of halogens is 4. The number of rotatable bonds is 2. The van der Waals surface area contributed by atoms with Crippen LogP contribution >= 0.6 is 0 Å². The van der Waals surface area contributed by atoms with E-state index in [1.54, 1.807) is 7.05 Å². The highest BCUT2D eigenvalue weighted by Gasteiger charge is 1.98.